The molecule has 100 valence electrons. The predicted molar refractivity (Wildman–Crippen MR) is 72.6 cm³/mol. The first kappa shape index (κ1) is 11.9. The molecule has 0 bridgehead atoms. The number of hydrogen-bond acceptors (Lipinski definition) is 7. The minimum absolute atomic E-state index is 0.101. The van der Waals surface area contributed by atoms with Gasteiger partial charge in [0, 0.05) is 17.4 Å². The molecule has 3 N–H and O–H groups in total. The molecule has 0 unspecified atom stereocenters. The van der Waals surface area contributed by atoms with Gasteiger partial charge in [-0.05, 0) is 34.6 Å². The van der Waals surface area contributed by atoms with Gasteiger partial charge in [-0.15, -0.1) is 0 Å². The molecule has 2 aromatic carbocycles. The van der Waals surface area contributed by atoms with Gasteiger partial charge in [-0.25, -0.2) is 4.63 Å². The average Bonchev–Trinajstić information content (AvgIpc) is 2.88. The SMILES string of the molecule is Nc1cccc(Nc2ccc([N+](=O)[O-])c3nonc23)c1. The maximum Gasteiger partial charge on any atom is 0.300 e. The summed E-state index contributed by atoms with van der Waals surface area (Å²) in [4.78, 5) is 10.4. The number of anilines is 3. The van der Waals surface area contributed by atoms with Crippen LogP contribution in [-0.2, 0) is 0 Å². The summed E-state index contributed by atoms with van der Waals surface area (Å²) in [6.07, 6.45) is 0. The van der Waals surface area contributed by atoms with E-state index in [4.69, 9.17) is 5.73 Å². The monoisotopic (exact) mass is 271 g/mol. The molecule has 0 spiro atoms. The summed E-state index contributed by atoms with van der Waals surface area (Å²) in [6.45, 7) is 0. The van der Waals surface area contributed by atoms with E-state index in [2.05, 4.69) is 20.3 Å². The highest BCUT2D eigenvalue weighted by Gasteiger charge is 2.19. The van der Waals surface area contributed by atoms with Crippen molar-refractivity contribution in [2.75, 3.05) is 11.1 Å². The third kappa shape index (κ3) is 1.99. The van der Waals surface area contributed by atoms with Gasteiger partial charge in [0.15, 0.2) is 5.52 Å². The van der Waals surface area contributed by atoms with Gasteiger partial charge in [-0.2, -0.15) is 0 Å². The molecule has 1 heterocycles. The lowest BCUT2D eigenvalue weighted by Gasteiger charge is -2.06. The molecule has 0 saturated carbocycles. The Balaban J connectivity index is 2.07. The fraction of sp³-hybridized carbons (Fsp3) is 0. The van der Waals surface area contributed by atoms with E-state index < -0.39 is 4.92 Å². The van der Waals surface area contributed by atoms with E-state index >= 15 is 0 Å². The quantitative estimate of drug-likeness (QED) is 0.426. The lowest BCUT2D eigenvalue weighted by atomic mass is 10.2. The fourth-order valence-electron chi connectivity index (χ4n) is 1.87. The van der Waals surface area contributed by atoms with Crippen molar-refractivity contribution in [3.8, 4) is 0 Å². The molecule has 3 rings (SSSR count). The summed E-state index contributed by atoms with van der Waals surface area (Å²) >= 11 is 0. The predicted octanol–water partition coefficient (Wildman–Crippen LogP) is 2.46. The second-order valence-corrected chi connectivity index (χ2v) is 4.10. The lowest BCUT2D eigenvalue weighted by molar-refractivity contribution is -0.383. The van der Waals surface area contributed by atoms with Gasteiger partial charge < -0.3 is 11.1 Å². The molecule has 3 aromatic rings. The smallest absolute Gasteiger partial charge is 0.300 e. The Morgan fingerprint density at radius 3 is 2.75 bits per heavy atom. The van der Waals surface area contributed by atoms with E-state index in [1.165, 1.54) is 6.07 Å². The van der Waals surface area contributed by atoms with Crippen LogP contribution in [0.5, 0.6) is 0 Å². The number of nitro benzene ring substituents is 1. The molecule has 8 nitrogen and oxygen atoms in total. The molecular weight excluding hydrogens is 262 g/mol. The first-order chi connectivity index (χ1) is 9.65. The molecule has 20 heavy (non-hydrogen) atoms. The molecule has 0 aliphatic heterocycles. The molecule has 0 saturated heterocycles. The van der Waals surface area contributed by atoms with Gasteiger partial charge in [0.05, 0.1) is 10.6 Å². The number of hydrogen-bond donors (Lipinski definition) is 2. The minimum Gasteiger partial charge on any atom is -0.399 e. The molecule has 0 atom stereocenters. The second-order valence-electron chi connectivity index (χ2n) is 4.10. The number of nitrogen functional groups attached to an aromatic ring is 1. The van der Waals surface area contributed by atoms with Crippen LogP contribution in [-0.4, -0.2) is 15.2 Å². The summed E-state index contributed by atoms with van der Waals surface area (Å²) in [5.74, 6) is 0. The zero-order chi connectivity index (χ0) is 14.1. The van der Waals surface area contributed by atoms with Gasteiger partial charge in [0.1, 0.15) is 0 Å². The zero-order valence-corrected chi connectivity index (χ0v) is 10.1. The number of rotatable bonds is 3. The summed E-state index contributed by atoms with van der Waals surface area (Å²) in [5, 5.41) is 21.2. The Hall–Kier alpha value is -3.16. The Morgan fingerprint density at radius 1 is 1.20 bits per heavy atom. The Kier molecular flexibility index (Phi) is 2.68. The van der Waals surface area contributed by atoms with Gasteiger partial charge in [-0.3, -0.25) is 10.1 Å². The van der Waals surface area contributed by atoms with Crippen molar-refractivity contribution in [2.24, 2.45) is 0 Å². The van der Waals surface area contributed by atoms with Crippen molar-refractivity contribution >= 4 is 33.8 Å². The van der Waals surface area contributed by atoms with Gasteiger partial charge in [0.2, 0.25) is 5.52 Å². The molecule has 8 heteroatoms. The van der Waals surface area contributed by atoms with Gasteiger partial charge in [0.25, 0.3) is 0 Å². The van der Waals surface area contributed by atoms with Crippen LogP contribution in [0.15, 0.2) is 41.0 Å². The maximum atomic E-state index is 10.9. The highest BCUT2D eigenvalue weighted by Crippen LogP contribution is 2.30. The van der Waals surface area contributed by atoms with E-state index in [0.717, 1.165) is 5.69 Å². The van der Waals surface area contributed by atoms with Crippen molar-refractivity contribution in [1.29, 1.82) is 0 Å². The second kappa shape index (κ2) is 4.50. The number of nitrogens with one attached hydrogen (secondary N) is 1. The van der Waals surface area contributed by atoms with Crippen LogP contribution in [0.4, 0.5) is 22.7 Å². The van der Waals surface area contributed by atoms with Gasteiger partial charge >= 0.3 is 5.69 Å². The normalized spacial score (nSPS) is 10.6. The summed E-state index contributed by atoms with van der Waals surface area (Å²) in [5.41, 5.74) is 7.83. The first-order valence-corrected chi connectivity index (χ1v) is 5.67. The number of nitrogens with zero attached hydrogens (tertiary/aromatic N) is 3. The number of fused-ring (bicyclic) bond motifs is 1. The van der Waals surface area contributed by atoms with Gasteiger partial charge in [-0.1, -0.05) is 6.07 Å². The molecular formula is C12H9N5O3. The minimum atomic E-state index is -0.531. The largest absolute Gasteiger partial charge is 0.399 e. The number of nitrogens with two attached hydrogens (primary N) is 1. The topological polar surface area (TPSA) is 120 Å². The Morgan fingerprint density at radius 2 is 2.00 bits per heavy atom. The summed E-state index contributed by atoms with van der Waals surface area (Å²) in [6, 6.07) is 10.0. The van der Waals surface area contributed by atoms with Crippen LogP contribution < -0.4 is 11.1 Å². The van der Waals surface area contributed by atoms with Crippen LogP contribution in [0, 0.1) is 10.1 Å². The molecule has 0 amide bonds. The van der Waals surface area contributed by atoms with E-state index in [-0.39, 0.29) is 11.2 Å². The average molecular weight is 271 g/mol. The molecule has 0 aliphatic carbocycles. The van der Waals surface area contributed by atoms with Crippen molar-refractivity contribution in [3.05, 3.63) is 46.5 Å². The van der Waals surface area contributed by atoms with Crippen molar-refractivity contribution in [3.63, 3.8) is 0 Å². The van der Waals surface area contributed by atoms with Crippen LogP contribution >= 0.6 is 0 Å². The zero-order valence-electron chi connectivity index (χ0n) is 10.1. The highest BCUT2D eigenvalue weighted by atomic mass is 16.6. The first-order valence-electron chi connectivity index (χ1n) is 5.67. The van der Waals surface area contributed by atoms with Crippen molar-refractivity contribution in [1.82, 2.24) is 10.3 Å². The molecule has 0 radical (unpaired) electrons. The van der Waals surface area contributed by atoms with E-state index in [1.807, 2.05) is 6.07 Å². The van der Waals surface area contributed by atoms with Crippen molar-refractivity contribution in [2.45, 2.75) is 0 Å². The number of nitro groups is 1. The summed E-state index contributed by atoms with van der Waals surface area (Å²) < 4.78 is 4.59. The molecule has 1 aromatic heterocycles. The Bertz CT molecular complexity index is 799. The Labute approximate surface area is 112 Å². The van der Waals surface area contributed by atoms with Crippen LogP contribution in [0.1, 0.15) is 0 Å². The van der Waals surface area contributed by atoms with Crippen LogP contribution in [0.3, 0.4) is 0 Å². The highest BCUT2D eigenvalue weighted by molar-refractivity contribution is 5.94. The van der Waals surface area contributed by atoms with Crippen LogP contribution in [0.2, 0.25) is 0 Å². The number of benzene rings is 2. The maximum absolute atomic E-state index is 10.9. The lowest BCUT2D eigenvalue weighted by Crippen LogP contribution is -1.95. The third-order valence-electron chi connectivity index (χ3n) is 2.76. The summed E-state index contributed by atoms with van der Waals surface area (Å²) in [7, 11) is 0. The molecule has 0 fully saturated rings. The van der Waals surface area contributed by atoms with E-state index in [0.29, 0.717) is 16.9 Å². The van der Waals surface area contributed by atoms with Crippen LogP contribution in [0.25, 0.3) is 11.0 Å². The third-order valence-corrected chi connectivity index (χ3v) is 2.76. The van der Waals surface area contributed by atoms with E-state index in [9.17, 15) is 10.1 Å². The number of aromatic nitrogens is 2. The van der Waals surface area contributed by atoms with E-state index in [1.54, 1.807) is 24.3 Å². The fourth-order valence-corrected chi connectivity index (χ4v) is 1.87. The standard InChI is InChI=1S/C12H9N5O3/c13-7-2-1-3-8(6-7)14-9-4-5-10(17(18)19)12-11(9)15-20-16-12/h1-6,14H,13H2. The van der Waals surface area contributed by atoms with Crippen molar-refractivity contribution < 1.29 is 9.55 Å². The molecule has 0 aliphatic rings. The number of non-ortho nitro benzene ring substituents is 1.